The van der Waals surface area contributed by atoms with Gasteiger partial charge in [-0.25, -0.2) is 0 Å². The van der Waals surface area contributed by atoms with Crippen LogP contribution in [0.3, 0.4) is 0 Å². The van der Waals surface area contributed by atoms with Crippen molar-refractivity contribution in [2.24, 2.45) is 0 Å². The molecule has 3 atom stereocenters. The van der Waals surface area contributed by atoms with Crippen LogP contribution < -0.4 is 0 Å². The molecule has 0 amide bonds. The average Bonchev–Trinajstić information content (AvgIpc) is 2.83. The molecule has 1 nitrogen and oxygen atoms in total. The Labute approximate surface area is 141 Å². The lowest BCUT2D eigenvalue weighted by Gasteiger charge is -2.40. The summed E-state index contributed by atoms with van der Waals surface area (Å²) in [6.45, 7) is 8.92. The third-order valence-corrected chi connectivity index (χ3v) is 9.15. The fraction of sp³-hybridized carbons (Fsp3) is 0.333. The van der Waals surface area contributed by atoms with Gasteiger partial charge in [-0.2, -0.15) is 0 Å². The average molecular weight is 323 g/mol. The van der Waals surface area contributed by atoms with Crippen LogP contribution in [-0.4, -0.2) is 13.9 Å². The van der Waals surface area contributed by atoms with Crippen molar-refractivity contribution in [2.75, 3.05) is 0 Å². The van der Waals surface area contributed by atoms with E-state index in [1.807, 2.05) is 0 Å². The Hall–Kier alpha value is -1.64. The fourth-order valence-corrected chi connectivity index (χ4v) is 8.44. The van der Waals surface area contributed by atoms with Gasteiger partial charge in [0.15, 0.2) is 0 Å². The summed E-state index contributed by atoms with van der Waals surface area (Å²) in [5.74, 6) is 0. The van der Waals surface area contributed by atoms with Crippen molar-refractivity contribution < 1.29 is 4.43 Å². The van der Waals surface area contributed by atoms with Crippen molar-refractivity contribution in [3.8, 4) is 0 Å². The van der Waals surface area contributed by atoms with Crippen molar-refractivity contribution in [1.29, 1.82) is 0 Å². The van der Waals surface area contributed by atoms with E-state index in [1.165, 1.54) is 11.1 Å². The van der Waals surface area contributed by atoms with E-state index in [0.717, 1.165) is 0 Å². The molecule has 0 aromatic heterocycles. The summed E-state index contributed by atoms with van der Waals surface area (Å²) in [6.07, 6.45) is 4.76. The summed E-state index contributed by atoms with van der Waals surface area (Å²) >= 11 is 0. The van der Waals surface area contributed by atoms with Gasteiger partial charge in [0.05, 0.1) is 0 Å². The third-order valence-electron chi connectivity index (χ3n) is 4.57. The zero-order valence-corrected chi connectivity index (χ0v) is 15.5. The van der Waals surface area contributed by atoms with E-state index < -0.39 is 8.32 Å². The standard InChI is InChI=1S/C21H26OSi/c1-21(2,3)22-23(4)19(17-11-7-5-8-12-17)15-16-20(23)18-13-9-6-10-14-18/h5-16,19-20H,1-4H3/t19-,20+,23?. The molecular formula is C21H26OSi. The Morgan fingerprint density at radius 3 is 1.48 bits per heavy atom. The van der Waals surface area contributed by atoms with Crippen LogP contribution in [0.2, 0.25) is 6.55 Å². The number of hydrogen-bond acceptors (Lipinski definition) is 1. The highest BCUT2D eigenvalue weighted by Gasteiger charge is 2.50. The zero-order valence-electron chi connectivity index (χ0n) is 14.5. The molecule has 0 spiro atoms. The maximum Gasteiger partial charge on any atom is 0.212 e. The molecule has 1 unspecified atom stereocenters. The Bertz CT molecular complexity index is 620. The first-order chi connectivity index (χ1) is 10.9. The summed E-state index contributed by atoms with van der Waals surface area (Å²) in [4.78, 5) is 0. The molecule has 1 aliphatic rings. The second-order valence-corrected chi connectivity index (χ2v) is 11.4. The highest BCUT2D eigenvalue weighted by Crippen LogP contribution is 2.47. The molecule has 23 heavy (non-hydrogen) atoms. The minimum atomic E-state index is -2.07. The normalized spacial score (nSPS) is 27.3. The van der Waals surface area contributed by atoms with E-state index in [1.54, 1.807) is 0 Å². The first kappa shape index (κ1) is 16.2. The Balaban J connectivity index is 2.03. The molecule has 0 radical (unpaired) electrons. The van der Waals surface area contributed by atoms with E-state index in [2.05, 4.69) is 100 Å². The molecule has 0 saturated carbocycles. The first-order valence-corrected chi connectivity index (χ1v) is 10.9. The highest BCUT2D eigenvalue weighted by atomic mass is 28.4. The highest BCUT2D eigenvalue weighted by molar-refractivity contribution is 6.77. The Morgan fingerprint density at radius 1 is 0.739 bits per heavy atom. The first-order valence-electron chi connectivity index (χ1n) is 8.38. The van der Waals surface area contributed by atoms with E-state index in [0.29, 0.717) is 11.1 Å². The van der Waals surface area contributed by atoms with Crippen molar-refractivity contribution >= 4 is 8.32 Å². The Kier molecular flexibility index (Phi) is 4.30. The van der Waals surface area contributed by atoms with Gasteiger partial charge in [-0.05, 0) is 38.4 Å². The quantitative estimate of drug-likeness (QED) is 0.528. The van der Waals surface area contributed by atoms with Crippen LogP contribution in [0.5, 0.6) is 0 Å². The van der Waals surface area contributed by atoms with Gasteiger partial charge >= 0.3 is 0 Å². The smallest absolute Gasteiger partial charge is 0.212 e. The van der Waals surface area contributed by atoms with Crippen LogP contribution in [0.25, 0.3) is 0 Å². The maximum absolute atomic E-state index is 6.80. The minimum absolute atomic E-state index is 0.132. The summed E-state index contributed by atoms with van der Waals surface area (Å²) in [7, 11) is -2.07. The summed E-state index contributed by atoms with van der Waals surface area (Å²) in [6, 6.07) is 21.6. The van der Waals surface area contributed by atoms with Crippen molar-refractivity contribution in [3.05, 3.63) is 83.9 Å². The second kappa shape index (κ2) is 6.10. The fourth-order valence-electron chi connectivity index (χ4n) is 3.79. The molecule has 0 aliphatic carbocycles. The minimum Gasteiger partial charge on any atom is -0.411 e. The van der Waals surface area contributed by atoms with Gasteiger partial charge in [0, 0.05) is 16.7 Å². The van der Waals surface area contributed by atoms with Crippen LogP contribution in [0, 0.1) is 0 Å². The van der Waals surface area contributed by atoms with Crippen molar-refractivity contribution in [2.45, 2.75) is 44.0 Å². The summed E-state index contributed by atoms with van der Waals surface area (Å²) in [5, 5.41) is 0. The largest absolute Gasteiger partial charge is 0.411 e. The number of rotatable bonds is 3. The van der Waals surface area contributed by atoms with Crippen LogP contribution >= 0.6 is 0 Å². The monoisotopic (exact) mass is 322 g/mol. The predicted molar refractivity (Wildman–Crippen MR) is 100.0 cm³/mol. The van der Waals surface area contributed by atoms with Gasteiger partial charge in [-0.1, -0.05) is 72.8 Å². The second-order valence-electron chi connectivity index (χ2n) is 7.56. The molecule has 0 N–H and O–H groups in total. The summed E-state index contributed by atoms with van der Waals surface area (Å²) in [5.41, 5.74) is 3.41. The molecule has 0 fully saturated rings. The summed E-state index contributed by atoms with van der Waals surface area (Å²) < 4.78 is 6.80. The van der Waals surface area contributed by atoms with E-state index >= 15 is 0 Å². The molecule has 1 aliphatic heterocycles. The van der Waals surface area contributed by atoms with Crippen molar-refractivity contribution in [1.82, 2.24) is 0 Å². The lowest BCUT2D eigenvalue weighted by atomic mass is 10.1. The molecule has 2 heteroatoms. The molecule has 2 aromatic carbocycles. The molecule has 0 saturated heterocycles. The van der Waals surface area contributed by atoms with Gasteiger partial charge in [-0.3, -0.25) is 0 Å². The van der Waals surface area contributed by atoms with E-state index in [9.17, 15) is 0 Å². The van der Waals surface area contributed by atoms with Gasteiger partial charge < -0.3 is 4.43 Å². The predicted octanol–water partition coefficient (Wildman–Crippen LogP) is 5.59. The van der Waals surface area contributed by atoms with Gasteiger partial charge in [-0.15, -0.1) is 0 Å². The SMILES string of the molecule is CC(C)(C)O[Si]1(C)[C@@H](c2ccccc2)C=C[C@H]1c1ccccc1. The Morgan fingerprint density at radius 2 is 1.13 bits per heavy atom. The van der Waals surface area contributed by atoms with Gasteiger partial charge in [0.2, 0.25) is 8.32 Å². The van der Waals surface area contributed by atoms with Crippen LogP contribution in [0.4, 0.5) is 0 Å². The van der Waals surface area contributed by atoms with Crippen LogP contribution in [0.15, 0.2) is 72.8 Å². The molecule has 0 bridgehead atoms. The molecule has 2 aromatic rings. The maximum atomic E-state index is 6.80. The van der Waals surface area contributed by atoms with Gasteiger partial charge in [0.1, 0.15) is 0 Å². The van der Waals surface area contributed by atoms with Gasteiger partial charge in [0.25, 0.3) is 0 Å². The molecule has 3 rings (SSSR count). The number of hydrogen-bond donors (Lipinski definition) is 0. The lowest BCUT2D eigenvalue weighted by molar-refractivity contribution is 0.114. The van der Waals surface area contributed by atoms with Crippen molar-refractivity contribution in [3.63, 3.8) is 0 Å². The van der Waals surface area contributed by atoms with E-state index in [4.69, 9.17) is 4.43 Å². The molecule has 120 valence electrons. The van der Waals surface area contributed by atoms with Crippen LogP contribution in [-0.2, 0) is 4.43 Å². The number of benzene rings is 2. The zero-order chi connectivity index (χ0) is 16.5. The molecular weight excluding hydrogens is 296 g/mol. The van der Waals surface area contributed by atoms with Crippen LogP contribution in [0.1, 0.15) is 43.0 Å². The van der Waals surface area contributed by atoms with E-state index in [-0.39, 0.29) is 5.60 Å². The number of allylic oxidation sites excluding steroid dienone is 2. The third kappa shape index (κ3) is 3.33. The lowest BCUT2D eigenvalue weighted by Crippen LogP contribution is -2.49. The topological polar surface area (TPSA) is 9.23 Å². The molecule has 1 heterocycles.